The van der Waals surface area contributed by atoms with Gasteiger partial charge in [-0.15, -0.1) is 0 Å². The summed E-state index contributed by atoms with van der Waals surface area (Å²) >= 11 is 0. The number of carbonyl (C=O) groups is 1. The first-order chi connectivity index (χ1) is 8.22. The van der Waals surface area contributed by atoms with Crippen molar-refractivity contribution in [2.75, 3.05) is 6.61 Å². The molecule has 0 amide bonds. The summed E-state index contributed by atoms with van der Waals surface area (Å²) in [5, 5.41) is 63.3. The molecule has 19 heavy (non-hydrogen) atoms. The Morgan fingerprint density at radius 1 is 1.00 bits per heavy atom. The van der Waals surface area contributed by atoms with Gasteiger partial charge in [-0.2, -0.15) is 0 Å². The molecule has 7 N–H and O–H groups in total. The Balaban J connectivity index is 0. The Kier molecular flexibility index (Phi) is 11.7. The summed E-state index contributed by atoms with van der Waals surface area (Å²) in [7, 11) is 0. The molecule has 9 nitrogen and oxygen atoms in total. The van der Waals surface area contributed by atoms with Gasteiger partial charge in [-0.05, 0) is 6.92 Å². The summed E-state index contributed by atoms with van der Waals surface area (Å²) in [5.74, 6) is -1.24. The molecule has 0 aliphatic carbocycles. The first kappa shape index (κ1) is 21.7. The minimum atomic E-state index is -2.21. The van der Waals surface area contributed by atoms with Crippen LogP contribution in [0.4, 0.5) is 0 Å². The van der Waals surface area contributed by atoms with E-state index in [9.17, 15) is 25.2 Å². The van der Waals surface area contributed by atoms with Gasteiger partial charge >= 0.3 is 43.7 Å². The van der Waals surface area contributed by atoms with Crippen molar-refractivity contribution in [1.29, 1.82) is 0 Å². The molecular formula is C9H20CaO9. The molecule has 6 atom stereocenters. The molecule has 0 saturated carbocycles. The van der Waals surface area contributed by atoms with Gasteiger partial charge in [-0.1, -0.05) is 0 Å². The molecule has 0 fully saturated rings. The van der Waals surface area contributed by atoms with Crippen LogP contribution in [0.1, 0.15) is 6.92 Å². The van der Waals surface area contributed by atoms with Crippen LogP contribution in [-0.2, 0) is 9.53 Å². The Labute approximate surface area is 139 Å². The van der Waals surface area contributed by atoms with E-state index in [1.165, 1.54) is 0 Å². The number of aliphatic hydroxyl groups is 7. The number of hydrogen-bond donors (Lipinski definition) is 7. The van der Waals surface area contributed by atoms with E-state index in [4.69, 9.17) is 15.3 Å². The van der Waals surface area contributed by atoms with Gasteiger partial charge in [0.25, 0.3) is 0 Å². The van der Waals surface area contributed by atoms with Gasteiger partial charge in [0.2, 0.25) is 6.29 Å². The third-order valence-corrected chi connectivity index (χ3v) is 2.15. The van der Waals surface area contributed by atoms with E-state index in [0.29, 0.717) is 0 Å². The molecule has 112 valence electrons. The van der Waals surface area contributed by atoms with E-state index in [1.807, 2.05) is 0 Å². The maximum atomic E-state index is 10.9. The van der Waals surface area contributed by atoms with Gasteiger partial charge in [-0.25, -0.2) is 4.79 Å². The SMILES string of the molecule is CC(O)C(=O)OC(O)[C@@H](O)[C@@H](O)[C@H](O)[C@H](O)CO.[CaH2]. The van der Waals surface area contributed by atoms with Gasteiger partial charge in [0.15, 0.2) is 0 Å². The van der Waals surface area contributed by atoms with Crippen LogP contribution < -0.4 is 0 Å². The van der Waals surface area contributed by atoms with Crippen LogP contribution in [0.15, 0.2) is 0 Å². The average molecular weight is 312 g/mol. The van der Waals surface area contributed by atoms with E-state index in [2.05, 4.69) is 4.74 Å². The first-order valence-electron chi connectivity index (χ1n) is 5.12. The summed E-state index contributed by atoms with van der Waals surface area (Å²) in [6.45, 7) is 0.177. The van der Waals surface area contributed by atoms with Gasteiger partial charge in [-0.3, -0.25) is 0 Å². The molecule has 0 aliphatic rings. The second-order valence-corrected chi connectivity index (χ2v) is 3.73. The van der Waals surface area contributed by atoms with Crippen LogP contribution in [0.3, 0.4) is 0 Å². The fourth-order valence-electron chi connectivity index (χ4n) is 0.993. The predicted molar refractivity (Wildman–Crippen MR) is 63.4 cm³/mol. The minimum absolute atomic E-state index is 0. The zero-order valence-electron chi connectivity index (χ0n) is 9.62. The fraction of sp³-hybridized carbons (Fsp3) is 0.889. The van der Waals surface area contributed by atoms with Crippen molar-refractivity contribution in [2.45, 2.75) is 43.7 Å². The molecule has 0 rings (SSSR count). The van der Waals surface area contributed by atoms with Gasteiger partial charge in [0.05, 0.1) is 6.61 Å². The standard InChI is InChI=1S/C9H18O9.Ca.2H/c1-3(11)8(16)18-9(17)7(15)6(14)5(13)4(12)2-10;;;/h3-7,9-15,17H,2H2,1H3;;;/t3?,4-,5-,6+,7+,9?;;;/m1.../s1. The zero-order valence-corrected chi connectivity index (χ0v) is 9.62. The molecule has 0 spiro atoms. The molecule has 0 aliphatic heterocycles. The third-order valence-electron chi connectivity index (χ3n) is 2.15. The van der Waals surface area contributed by atoms with E-state index in [-0.39, 0.29) is 37.7 Å². The van der Waals surface area contributed by atoms with E-state index < -0.39 is 49.4 Å². The van der Waals surface area contributed by atoms with Crippen LogP contribution in [0.5, 0.6) is 0 Å². The Bertz CT molecular complexity index is 262. The Morgan fingerprint density at radius 2 is 1.47 bits per heavy atom. The second kappa shape index (κ2) is 10.2. The molecule has 10 heteroatoms. The zero-order chi connectivity index (χ0) is 14.5. The summed E-state index contributed by atoms with van der Waals surface area (Å²) in [6.07, 6.45) is -11.6. The number of aliphatic hydroxyl groups excluding tert-OH is 7. The normalized spacial score (nSPS) is 20.4. The monoisotopic (exact) mass is 312 g/mol. The molecule has 0 radical (unpaired) electrons. The van der Waals surface area contributed by atoms with E-state index in [0.717, 1.165) is 6.92 Å². The number of hydrogen-bond acceptors (Lipinski definition) is 9. The number of carbonyl (C=O) groups excluding carboxylic acids is 1. The van der Waals surface area contributed by atoms with Crippen molar-refractivity contribution in [3.8, 4) is 0 Å². The van der Waals surface area contributed by atoms with E-state index in [1.54, 1.807) is 0 Å². The summed E-state index contributed by atoms with van der Waals surface area (Å²) in [4.78, 5) is 10.9. The third kappa shape index (κ3) is 7.14. The first-order valence-corrected chi connectivity index (χ1v) is 5.12. The fourth-order valence-corrected chi connectivity index (χ4v) is 0.993. The molecule has 2 unspecified atom stereocenters. The van der Waals surface area contributed by atoms with Crippen LogP contribution in [0.25, 0.3) is 0 Å². The summed E-state index contributed by atoms with van der Waals surface area (Å²) in [5.41, 5.74) is 0. The van der Waals surface area contributed by atoms with Crippen LogP contribution in [0, 0.1) is 0 Å². The Hall–Kier alpha value is 0.450. The molecule has 0 aromatic rings. The summed E-state index contributed by atoms with van der Waals surface area (Å²) in [6, 6.07) is 0. The van der Waals surface area contributed by atoms with Crippen molar-refractivity contribution in [2.24, 2.45) is 0 Å². The van der Waals surface area contributed by atoms with Gasteiger partial charge in [0.1, 0.15) is 30.5 Å². The van der Waals surface area contributed by atoms with Crippen LogP contribution >= 0.6 is 0 Å². The quantitative estimate of drug-likeness (QED) is 0.138. The number of esters is 1. The van der Waals surface area contributed by atoms with Crippen molar-refractivity contribution in [3.63, 3.8) is 0 Å². The van der Waals surface area contributed by atoms with Gasteiger partial charge < -0.3 is 40.5 Å². The topological polar surface area (TPSA) is 168 Å². The average Bonchev–Trinajstić information content (AvgIpc) is 2.34. The number of rotatable bonds is 7. The molecule has 0 bridgehead atoms. The number of ether oxygens (including phenoxy) is 1. The predicted octanol–water partition coefficient (Wildman–Crippen LogP) is -5.25. The van der Waals surface area contributed by atoms with Crippen molar-refractivity contribution in [1.82, 2.24) is 0 Å². The molecule has 0 aromatic heterocycles. The maximum absolute atomic E-state index is 10.9. The van der Waals surface area contributed by atoms with E-state index >= 15 is 0 Å². The molecule has 0 heterocycles. The van der Waals surface area contributed by atoms with Crippen LogP contribution in [-0.4, -0.2) is 123 Å². The summed E-state index contributed by atoms with van der Waals surface area (Å²) < 4.78 is 4.16. The molecule has 0 saturated heterocycles. The van der Waals surface area contributed by atoms with Crippen LogP contribution in [0.2, 0.25) is 0 Å². The van der Waals surface area contributed by atoms with Crippen molar-refractivity contribution in [3.05, 3.63) is 0 Å². The van der Waals surface area contributed by atoms with Gasteiger partial charge in [0, 0.05) is 0 Å². The van der Waals surface area contributed by atoms with Crippen molar-refractivity contribution >= 4 is 43.7 Å². The second-order valence-electron chi connectivity index (χ2n) is 3.73. The molecular weight excluding hydrogens is 292 g/mol. The Morgan fingerprint density at radius 3 is 1.84 bits per heavy atom. The molecule has 0 aromatic carbocycles. The van der Waals surface area contributed by atoms with Crippen molar-refractivity contribution < 1.29 is 45.3 Å².